The van der Waals surface area contributed by atoms with Gasteiger partial charge in [0, 0.05) is 38.6 Å². The van der Waals surface area contributed by atoms with Crippen molar-refractivity contribution >= 4 is 21.9 Å². The highest BCUT2D eigenvalue weighted by molar-refractivity contribution is 6.11. The maximum Gasteiger partial charge on any atom is 0.164 e. The number of aromatic nitrogens is 3. The standard InChI is InChI=1S/C64H39N3O2/c1-3-14-40(15-4-1)41-26-28-42(29-27-41)43-30-32-44(33-31-43)46-34-36-48-49-37-35-47(39-55(49)64(54(48)38-46)52-20-8-11-23-57(52)69-58-24-12-9-21-53(58)64)62-65-61(45-16-5-2-6-17-45)66-63(67-62)51-19-13-25-59-60(51)50-18-7-10-22-56(50)68-59/h1-39H. The summed E-state index contributed by atoms with van der Waals surface area (Å²) in [6.07, 6.45) is 0. The summed E-state index contributed by atoms with van der Waals surface area (Å²) in [4.78, 5) is 15.8. The molecule has 2 aromatic heterocycles. The van der Waals surface area contributed by atoms with Gasteiger partial charge < -0.3 is 9.15 Å². The summed E-state index contributed by atoms with van der Waals surface area (Å²) in [6.45, 7) is 0. The fourth-order valence-corrected chi connectivity index (χ4v) is 10.9. The zero-order chi connectivity index (χ0) is 45.5. The van der Waals surface area contributed by atoms with E-state index in [4.69, 9.17) is 24.1 Å². The minimum Gasteiger partial charge on any atom is -0.457 e. The third-order valence-corrected chi connectivity index (χ3v) is 14.1. The molecule has 3 heterocycles. The molecule has 0 amide bonds. The number of hydrogen-bond acceptors (Lipinski definition) is 5. The van der Waals surface area contributed by atoms with Crippen molar-refractivity contribution in [3.63, 3.8) is 0 Å². The van der Waals surface area contributed by atoms with Gasteiger partial charge in [0.2, 0.25) is 0 Å². The van der Waals surface area contributed by atoms with Gasteiger partial charge in [-0.25, -0.2) is 15.0 Å². The number of fused-ring (bicyclic) bond motifs is 12. The van der Waals surface area contributed by atoms with E-state index in [2.05, 4.69) is 188 Å². The molecule has 14 rings (SSSR count). The summed E-state index contributed by atoms with van der Waals surface area (Å²) in [5, 5.41) is 2.00. The van der Waals surface area contributed by atoms with Crippen LogP contribution in [0.25, 0.3) is 101 Å². The predicted molar refractivity (Wildman–Crippen MR) is 277 cm³/mol. The average Bonchev–Trinajstić information content (AvgIpc) is 3.95. The van der Waals surface area contributed by atoms with Crippen LogP contribution in [0.4, 0.5) is 0 Å². The van der Waals surface area contributed by atoms with E-state index in [1.807, 2.05) is 48.5 Å². The van der Waals surface area contributed by atoms with Gasteiger partial charge in [-0.2, -0.15) is 0 Å². The van der Waals surface area contributed by atoms with Crippen molar-refractivity contribution in [1.82, 2.24) is 15.0 Å². The molecule has 0 saturated heterocycles. The Kier molecular flexibility index (Phi) is 8.73. The Labute approximate surface area is 398 Å². The van der Waals surface area contributed by atoms with E-state index in [9.17, 15) is 0 Å². The molecule has 0 unspecified atom stereocenters. The first-order chi connectivity index (χ1) is 34.2. The molecule has 1 aliphatic heterocycles. The lowest BCUT2D eigenvalue weighted by atomic mass is 9.65. The van der Waals surface area contributed by atoms with E-state index in [0.29, 0.717) is 17.5 Å². The number of hydrogen-bond donors (Lipinski definition) is 0. The van der Waals surface area contributed by atoms with E-state index in [1.165, 1.54) is 33.4 Å². The highest BCUT2D eigenvalue weighted by atomic mass is 16.5. The SMILES string of the molecule is c1ccc(-c2ccc(-c3ccc(-c4ccc5c(c4)C4(c6ccccc6Oc6ccccc64)c4cc(-c6nc(-c7ccccc7)nc(-c7cccc8oc9ccccc9c78)n6)ccc4-5)cc3)cc2)cc1. The molecule has 5 nitrogen and oxygen atoms in total. The van der Waals surface area contributed by atoms with E-state index in [1.54, 1.807) is 0 Å². The first-order valence-electron chi connectivity index (χ1n) is 23.3. The van der Waals surface area contributed by atoms with Crippen molar-refractivity contribution in [2.75, 3.05) is 0 Å². The Morgan fingerprint density at radius 2 is 0.739 bits per heavy atom. The fourth-order valence-electron chi connectivity index (χ4n) is 10.9. The molecule has 1 aliphatic carbocycles. The summed E-state index contributed by atoms with van der Waals surface area (Å²) in [5.74, 6) is 3.43. The number of rotatable bonds is 6. The maximum absolute atomic E-state index is 6.76. The summed E-state index contributed by atoms with van der Waals surface area (Å²) < 4.78 is 13.1. The number of nitrogens with zero attached hydrogens (tertiary/aromatic N) is 3. The van der Waals surface area contributed by atoms with Crippen molar-refractivity contribution in [3.05, 3.63) is 259 Å². The molecular formula is C64H39N3O2. The second-order valence-electron chi connectivity index (χ2n) is 17.8. The molecule has 10 aromatic carbocycles. The predicted octanol–water partition coefficient (Wildman–Crippen LogP) is 16.2. The molecule has 322 valence electrons. The Hall–Kier alpha value is -9.19. The van der Waals surface area contributed by atoms with Crippen molar-refractivity contribution in [3.8, 4) is 90.2 Å². The normalized spacial score (nSPS) is 12.9. The molecule has 0 bridgehead atoms. The van der Waals surface area contributed by atoms with Crippen LogP contribution in [0.15, 0.2) is 241 Å². The smallest absolute Gasteiger partial charge is 0.164 e. The molecule has 0 fully saturated rings. The molecule has 12 aromatic rings. The van der Waals surface area contributed by atoms with Gasteiger partial charge in [0.1, 0.15) is 22.7 Å². The quantitative estimate of drug-likeness (QED) is 0.166. The van der Waals surface area contributed by atoms with E-state index < -0.39 is 5.41 Å². The third kappa shape index (κ3) is 6.14. The molecule has 5 heteroatoms. The van der Waals surface area contributed by atoms with E-state index in [0.717, 1.165) is 83.5 Å². The molecule has 0 N–H and O–H groups in total. The van der Waals surface area contributed by atoms with Crippen LogP contribution in [0.2, 0.25) is 0 Å². The summed E-state index contributed by atoms with van der Waals surface area (Å²) in [7, 11) is 0. The zero-order valence-corrected chi connectivity index (χ0v) is 37.2. The van der Waals surface area contributed by atoms with E-state index in [-0.39, 0.29) is 0 Å². The average molecular weight is 882 g/mol. The molecule has 0 radical (unpaired) electrons. The van der Waals surface area contributed by atoms with Crippen molar-refractivity contribution in [1.29, 1.82) is 0 Å². The number of benzene rings is 10. The lowest BCUT2D eigenvalue weighted by Gasteiger charge is -2.39. The van der Waals surface area contributed by atoms with Crippen LogP contribution < -0.4 is 4.74 Å². The van der Waals surface area contributed by atoms with Crippen LogP contribution in [0.1, 0.15) is 22.3 Å². The largest absolute Gasteiger partial charge is 0.457 e. The van der Waals surface area contributed by atoms with Gasteiger partial charge in [-0.1, -0.05) is 200 Å². The van der Waals surface area contributed by atoms with Crippen LogP contribution in [-0.2, 0) is 5.41 Å². The van der Waals surface area contributed by atoms with Gasteiger partial charge in [-0.05, 0) is 92.0 Å². The monoisotopic (exact) mass is 881 g/mol. The maximum atomic E-state index is 6.76. The zero-order valence-electron chi connectivity index (χ0n) is 37.2. The van der Waals surface area contributed by atoms with E-state index >= 15 is 0 Å². The van der Waals surface area contributed by atoms with Gasteiger partial charge in [0.25, 0.3) is 0 Å². The first-order valence-corrected chi connectivity index (χ1v) is 23.3. The minimum atomic E-state index is -0.720. The van der Waals surface area contributed by atoms with Gasteiger partial charge in [0.05, 0.1) is 5.41 Å². The number of ether oxygens (including phenoxy) is 1. The molecular weight excluding hydrogens is 843 g/mol. The number of para-hydroxylation sites is 3. The van der Waals surface area contributed by atoms with Crippen LogP contribution in [0.5, 0.6) is 11.5 Å². The molecule has 69 heavy (non-hydrogen) atoms. The van der Waals surface area contributed by atoms with Crippen molar-refractivity contribution in [2.24, 2.45) is 0 Å². The lowest BCUT2D eigenvalue weighted by molar-refractivity contribution is 0.436. The summed E-state index contributed by atoms with van der Waals surface area (Å²) in [5.41, 5.74) is 17.5. The molecule has 0 saturated carbocycles. The number of furan rings is 1. The van der Waals surface area contributed by atoms with Gasteiger partial charge >= 0.3 is 0 Å². The summed E-state index contributed by atoms with van der Waals surface area (Å²) >= 11 is 0. The Morgan fingerprint density at radius 1 is 0.290 bits per heavy atom. The lowest BCUT2D eigenvalue weighted by Crippen LogP contribution is -2.32. The van der Waals surface area contributed by atoms with Crippen molar-refractivity contribution < 1.29 is 9.15 Å². The van der Waals surface area contributed by atoms with Crippen molar-refractivity contribution in [2.45, 2.75) is 5.41 Å². The molecule has 2 aliphatic rings. The van der Waals surface area contributed by atoms with Gasteiger partial charge in [-0.3, -0.25) is 0 Å². The van der Waals surface area contributed by atoms with Crippen LogP contribution >= 0.6 is 0 Å². The minimum absolute atomic E-state index is 0.580. The van der Waals surface area contributed by atoms with Crippen LogP contribution in [-0.4, -0.2) is 15.0 Å². The first kappa shape index (κ1) is 39.0. The topological polar surface area (TPSA) is 61.0 Å². The van der Waals surface area contributed by atoms with Gasteiger partial charge in [-0.15, -0.1) is 0 Å². The second kappa shape index (κ2) is 15.4. The molecule has 1 spiro atoms. The van der Waals surface area contributed by atoms with Crippen LogP contribution in [0.3, 0.4) is 0 Å². The van der Waals surface area contributed by atoms with Crippen LogP contribution in [0, 0.1) is 0 Å². The van der Waals surface area contributed by atoms with Gasteiger partial charge in [0.15, 0.2) is 17.5 Å². The fraction of sp³-hybridized carbons (Fsp3) is 0.0156. The highest BCUT2D eigenvalue weighted by Gasteiger charge is 2.51. The second-order valence-corrected chi connectivity index (χ2v) is 17.8. The third-order valence-electron chi connectivity index (χ3n) is 14.1. The Morgan fingerprint density at radius 3 is 1.38 bits per heavy atom. The highest BCUT2D eigenvalue weighted by Crippen LogP contribution is 2.63. The molecule has 0 atom stereocenters. The Balaban J connectivity index is 0.939. The summed E-state index contributed by atoms with van der Waals surface area (Å²) in [6, 6.07) is 83.4. The Bertz CT molecular complexity index is 3930.